The number of amides is 2. The van der Waals surface area contributed by atoms with E-state index in [0.29, 0.717) is 10.6 Å². The molecule has 0 saturated heterocycles. The fourth-order valence-corrected chi connectivity index (χ4v) is 5.64. The summed E-state index contributed by atoms with van der Waals surface area (Å²) in [5.41, 5.74) is 1.80. The Morgan fingerprint density at radius 1 is 0.974 bits per heavy atom. The van der Waals surface area contributed by atoms with Crippen molar-refractivity contribution >= 4 is 39.1 Å². The van der Waals surface area contributed by atoms with Crippen molar-refractivity contribution in [2.75, 3.05) is 18.0 Å². The minimum absolute atomic E-state index is 0.0267. The van der Waals surface area contributed by atoms with Gasteiger partial charge in [0.05, 0.1) is 17.7 Å². The first-order valence-electron chi connectivity index (χ1n) is 12.5. The molecule has 0 aliphatic carbocycles. The fraction of sp³-hybridized carbons (Fsp3) is 0.310. The van der Waals surface area contributed by atoms with Gasteiger partial charge in [-0.1, -0.05) is 53.6 Å². The number of para-hydroxylation sites is 2. The second-order valence-electron chi connectivity index (χ2n) is 9.49. The van der Waals surface area contributed by atoms with Gasteiger partial charge in [-0.05, 0) is 69.7 Å². The van der Waals surface area contributed by atoms with E-state index in [0.717, 1.165) is 9.87 Å². The van der Waals surface area contributed by atoms with Crippen LogP contribution in [-0.2, 0) is 26.2 Å². The summed E-state index contributed by atoms with van der Waals surface area (Å²) in [4.78, 5) is 28.3. The number of ether oxygens (including phenoxy) is 1. The van der Waals surface area contributed by atoms with Crippen LogP contribution in [0.25, 0.3) is 0 Å². The highest BCUT2D eigenvalue weighted by Gasteiger charge is 2.33. The maximum absolute atomic E-state index is 13.9. The highest BCUT2D eigenvalue weighted by molar-refractivity contribution is 7.92. The highest BCUT2D eigenvalue weighted by atomic mass is 35.5. The van der Waals surface area contributed by atoms with Gasteiger partial charge in [-0.3, -0.25) is 13.9 Å². The van der Waals surface area contributed by atoms with Crippen LogP contribution in [0.2, 0.25) is 5.02 Å². The molecule has 1 N–H and O–H groups in total. The number of hydrogen-bond acceptors (Lipinski definition) is 5. The topological polar surface area (TPSA) is 96.0 Å². The monoisotopic (exact) mass is 571 g/mol. The number of sulfonamides is 1. The molecule has 0 unspecified atom stereocenters. The van der Waals surface area contributed by atoms with Gasteiger partial charge >= 0.3 is 0 Å². The van der Waals surface area contributed by atoms with Crippen molar-refractivity contribution in [1.29, 1.82) is 0 Å². The van der Waals surface area contributed by atoms with Gasteiger partial charge in [0.1, 0.15) is 18.3 Å². The Morgan fingerprint density at radius 3 is 2.26 bits per heavy atom. The normalized spacial score (nSPS) is 12.1. The first-order valence-corrected chi connectivity index (χ1v) is 14.3. The van der Waals surface area contributed by atoms with E-state index >= 15 is 0 Å². The van der Waals surface area contributed by atoms with Crippen molar-refractivity contribution in [3.05, 3.63) is 88.9 Å². The van der Waals surface area contributed by atoms with Crippen LogP contribution < -0.4 is 14.4 Å². The Labute approximate surface area is 235 Å². The van der Waals surface area contributed by atoms with E-state index in [2.05, 4.69) is 5.32 Å². The lowest BCUT2D eigenvalue weighted by Gasteiger charge is -2.32. The summed E-state index contributed by atoms with van der Waals surface area (Å²) >= 11 is 6.17. The summed E-state index contributed by atoms with van der Waals surface area (Å²) in [5, 5.41) is 3.31. The number of rotatable bonds is 11. The van der Waals surface area contributed by atoms with Crippen LogP contribution in [0.4, 0.5) is 5.69 Å². The lowest BCUT2D eigenvalue weighted by molar-refractivity contribution is -0.139. The molecule has 3 aromatic rings. The molecule has 0 heterocycles. The first kappa shape index (κ1) is 30.0. The molecular formula is C29H34ClN3O5S. The number of halogens is 1. The molecule has 3 aromatic carbocycles. The van der Waals surface area contributed by atoms with Crippen LogP contribution >= 0.6 is 11.6 Å². The molecule has 0 bridgehead atoms. The molecule has 0 aliphatic heterocycles. The van der Waals surface area contributed by atoms with Gasteiger partial charge < -0.3 is 15.0 Å². The summed E-state index contributed by atoms with van der Waals surface area (Å²) < 4.78 is 34.3. The maximum atomic E-state index is 13.9. The van der Waals surface area contributed by atoms with E-state index < -0.39 is 28.5 Å². The number of benzene rings is 3. The molecule has 3 rings (SSSR count). The molecule has 10 heteroatoms. The highest BCUT2D eigenvalue weighted by Crippen LogP contribution is 2.32. The quantitative estimate of drug-likeness (QED) is 0.357. The standard InChI is InChI=1S/C29H34ClN3O5S/c1-20(2)31-29(35)22(4)32(18-23-9-8-10-24(30)17-23)28(34)19-33(26-11-6-7-12-27(26)38-5)39(36,37)25-15-13-21(3)14-16-25/h6-17,20,22H,18-19H2,1-5H3,(H,31,35)/t22-/m1/s1. The van der Waals surface area contributed by atoms with E-state index in [1.54, 1.807) is 67.6 Å². The Balaban J connectivity index is 2.07. The second-order valence-corrected chi connectivity index (χ2v) is 11.8. The van der Waals surface area contributed by atoms with Crippen LogP contribution in [-0.4, -0.2) is 50.9 Å². The minimum Gasteiger partial charge on any atom is -0.495 e. The van der Waals surface area contributed by atoms with E-state index in [1.165, 1.54) is 24.1 Å². The zero-order valence-electron chi connectivity index (χ0n) is 22.7. The third-order valence-electron chi connectivity index (χ3n) is 6.08. The molecule has 0 radical (unpaired) electrons. The van der Waals surface area contributed by atoms with Gasteiger partial charge in [-0.25, -0.2) is 8.42 Å². The Hall–Kier alpha value is -3.56. The van der Waals surface area contributed by atoms with Gasteiger partial charge in [0.2, 0.25) is 11.8 Å². The van der Waals surface area contributed by atoms with Crippen LogP contribution in [0.3, 0.4) is 0 Å². The molecular weight excluding hydrogens is 538 g/mol. The number of aryl methyl sites for hydroxylation is 1. The maximum Gasteiger partial charge on any atom is 0.264 e. The van der Waals surface area contributed by atoms with Crippen LogP contribution in [0, 0.1) is 6.92 Å². The number of carbonyl (C=O) groups is 2. The van der Waals surface area contributed by atoms with Gasteiger partial charge in [0.15, 0.2) is 0 Å². The molecule has 1 atom stereocenters. The molecule has 0 fully saturated rings. The first-order chi connectivity index (χ1) is 18.4. The third-order valence-corrected chi connectivity index (χ3v) is 8.09. The average molecular weight is 572 g/mol. The number of nitrogens with one attached hydrogen (secondary N) is 1. The summed E-state index contributed by atoms with van der Waals surface area (Å²) in [6, 6.07) is 18.9. The lowest BCUT2D eigenvalue weighted by atomic mass is 10.1. The summed E-state index contributed by atoms with van der Waals surface area (Å²) in [5.74, 6) is -0.637. The van der Waals surface area contributed by atoms with Gasteiger partial charge in [-0.15, -0.1) is 0 Å². The van der Waals surface area contributed by atoms with Crippen molar-refractivity contribution in [2.45, 2.75) is 51.2 Å². The third kappa shape index (κ3) is 7.52. The van der Waals surface area contributed by atoms with Crippen molar-refractivity contribution in [1.82, 2.24) is 10.2 Å². The van der Waals surface area contributed by atoms with E-state index in [1.807, 2.05) is 20.8 Å². The van der Waals surface area contributed by atoms with Crippen molar-refractivity contribution in [3.8, 4) is 5.75 Å². The Kier molecular flexibility index (Phi) is 9.99. The number of anilines is 1. The van der Waals surface area contributed by atoms with Crippen molar-refractivity contribution < 1.29 is 22.7 Å². The van der Waals surface area contributed by atoms with Crippen LogP contribution in [0.15, 0.2) is 77.7 Å². The Bertz CT molecular complexity index is 1410. The number of methoxy groups -OCH3 is 1. The molecule has 8 nitrogen and oxygen atoms in total. The zero-order valence-corrected chi connectivity index (χ0v) is 24.3. The van der Waals surface area contributed by atoms with Gasteiger partial charge in [-0.2, -0.15) is 0 Å². The van der Waals surface area contributed by atoms with Crippen molar-refractivity contribution in [2.24, 2.45) is 0 Å². The van der Waals surface area contributed by atoms with Crippen LogP contribution in [0.1, 0.15) is 31.9 Å². The van der Waals surface area contributed by atoms with Gasteiger partial charge in [0.25, 0.3) is 10.0 Å². The number of carbonyl (C=O) groups excluding carboxylic acids is 2. The summed E-state index contributed by atoms with van der Waals surface area (Å²) in [6.45, 7) is 6.61. The summed E-state index contributed by atoms with van der Waals surface area (Å²) in [7, 11) is -2.76. The molecule has 0 aliphatic rings. The fourth-order valence-electron chi connectivity index (χ4n) is 4.01. The largest absolute Gasteiger partial charge is 0.495 e. The molecule has 2 amide bonds. The lowest BCUT2D eigenvalue weighted by Crippen LogP contribution is -2.52. The van der Waals surface area contributed by atoms with E-state index in [-0.39, 0.29) is 34.8 Å². The van der Waals surface area contributed by atoms with Crippen molar-refractivity contribution in [3.63, 3.8) is 0 Å². The average Bonchev–Trinajstić information content (AvgIpc) is 2.89. The molecule has 0 spiro atoms. The summed E-state index contributed by atoms with van der Waals surface area (Å²) in [6.07, 6.45) is 0. The second kappa shape index (κ2) is 13.0. The number of hydrogen-bond donors (Lipinski definition) is 1. The molecule has 0 saturated carbocycles. The predicted octanol–water partition coefficient (Wildman–Crippen LogP) is 4.79. The van der Waals surface area contributed by atoms with E-state index in [4.69, 9.17) is 16.3 Å². The van der Waals surface area contributed by atoms with Gasteiger partial charge in [0, 0.05) is 17.6 Å². The zero-order chi connectivity index (χ0) is 28.7. The van der Waals surface area contributed by atoms with E-state index in [9.17, 15) is 18.0 Å². The number of nitrogens with zero attached hydrogens (tertiary/aromatic N) is 2. The SMILES string of the molecule is COc1ccccc1N(CC(=O)N(Cc1cccc(Cl)c1)[C@H](C)C(=O)NC(C)C)S(=O)(=O)c1ccc(C)cc1. The molecule has 208 valence electrons. The van der Waals surface area contributed by atoms with Crippen LogP contribution in [0.5, 0.6) is 5.75 Å². The minimum atomic E-state index is -4.19. The molecule has 39 heavy (non-hydrogen) atoms. The molecule has 0 aromatic heterocycles. The predicted molar refractivity (Wildman–Crippen MR) is 153 cm³/mol. The Morgan fingerprint density at radius 2 is 1.64 bits per heavy atom. The smallest absolute Gasteiger partial charge is 0.264 e.